The summed E-state index contributed by atoms with van der Waals surface area (Å²) in [5.74, 6) is 1.96. The first-order valence-corrected chi connectivity index (χ1v) is 10.8. The first-order valence-electron chi connectivity index (χ1n) is 9.81. The molecular weight excluding hydrogens is 396 g/mol. The average molecular weight is 417 g/mol. The van der Waals surface area contributed by atoms with E-state index in [0.717, 1.165) is 35.8 Å². The third kappa shape index (κ3) is 3.64. The Morgan fingerprint density at radius 3 is 2.67 bits per heavy atom. The topological polar surface area (TPSA) is 64.2 Å². The molecule has 30 heavy (non-hydrogen) atoms. The van der Waals surface area contributed by atoms with Crippen LogP contribution >= 0.6 is 11.8 Å². The Hall–Kier alpha value is -3.32. The molecule has 5 rings (SSSR count). The highest BCUT2D eigenvalue weighted by molar-refractivity contribution is 7.99. The molecule has 0 saturated heterocycles. The maximum absolute atomic E-state index is 12.9. The number of carbonyl (C=O) groups is 1. The molecule has 0 spiro atoms. The third-order valence-electron chi connectivity index (χ3n) is 5.16. The van der Waals surface area contributed by atoms with Crippen molar-refractivity contribution in [3.8, 4) is 11.4 Å². The number of aromatic nitrogens is 3. The standard InChI is InChI=1S/C23H20N4O2S/c28-21(26-13-12-17-7-4-5-11-20(17)26)16-30-23-25-24-22(18-8-2-1-3-9-18)27(23)15-19-10-6-14-29-19/h1-11,14H,12-13,15-16H2. The van der Waals surface area contributed by atoms with Crippen molar-refractivity contribution in [2.75, 3.05) is 17.2 Å². The zero-order valence-electron chi connectivity index (χ0n) is 16.3. The number of thioether (sulfide) groups is 1. The van der Waals surface area contributed by atoms with Crippen molar-refractivity contribution in [2.24, 2.45) is 0 Å². The van der Waals surface area contributed by atoms with Crippen molar-refractivity contribution in [3.05, 3.63) is 84.3 Å². The summed E-state index contributed by atoms with van der Waals surface area (Å²) in [5, 5.41) is 9.48. The number of fused-ring (bicyclic) bond motifs is 1. The number of nitrogens with zero attached hydrogens (tertiary/aromatic N) is 4. The van der Waals surface area contributed by atoms with Gasteiger partial charge < -0.3 is 9.32 Å². The third-order valence-corrected chi connectivity index (χ3v) is 6.11. The van der Waals surface area contributed by atoms with Gasteiger partial charge in [0, 0.05) is 17.8 Å². The van der Waals surface area contributed by atoms with Gasteiger partial charge in [0.05, 0.1) is 18.6 Å². The Labute approximate surface area is 178 Å². The van der Waals surface area contributed by atoms with Gasteiger partial charge in [-0.15, -0.1) is 10.2 Å². The van der Waals surface area contributed by atoms with Crippen molar-refractivity contribution in [1.29, 1.82) is 0 Å². The molecule has 0 unspecified atom stereocenters. The average Bonchev–Trinajstić information content (AvgIpc) is 3.53. The number of carbonyl (C=O) groups excluding carboxylic acids is 1. The number of furan rings is 1. The second-order valence-electron chi connectivity index (χ2n) is 7.05. The van der Waals surface area contributed by atoms with Gasteiger partial charge in [-0.3, -0.25) is 9.36 Å². The van der Waals surface area contributed by atoms with E-state index in [1.54, 1.807) is 6.26 Å². The number of rotatable bonds is 6. The first kappa shape index (κ1) is 18.7. The lowest BCUT2D eigenvalue weighted by molar-refractivity contribution is -0.116. The summed E-state index contributed by atoms with van der Waals surface area (Å²) < 4.78 is 7.54. The molecule has 3 heterocycles. The van der Waals surface area contributed by atoms with Gasteiger partial charge >= 0.3 is 0 Å². The van der Waals surface area contributed by atoms with Crippen molar-refractivity contribution in [3.63, 3.8) is 0 Å². The SMILES string of the molecule is O=C(CSc1nnc(-c2ccccc2)n1Cc1ccco1)N1CCc2ccccc21. The molecule has 0 N–H and O–H groups in total. The van der Waals surface area contributed by atoms with Crippen LogP contribution in [0.4, 0.5) is 5.69 Å². The molecule has 0 bridgehead atoms. The zero-order valence-corrected chi connectivity index (χ0v) is 17.1. The van der Waals surface area contributed by atoms with Crippen LogP contribution in [0.1, 0.15) is 11.3 Å². The molecule has 2 aromatic carbocycles. The molecule has 1 aliphatic heterocycles. The summed E-state index contributed by atoms with van der Waals surface area (Å²) in [6, 6.07) is 21.8. The predicted octanol–water partition coefficient (Wildman–Crippen LogP) is 4.27. The molecule has 4 aromatic rings. The smallest absolute Gasteiger partial charge is 0.237 e. The van der Waals surface area contributed by atoms with E-state index < -0.39 is 0 Å². The summed E-state index contributed by atoms with van der Waals surface area (Å²) in [7, 11) is 0. The monoisotopic (exact) mass is 416 g/mol. The Morgan fingerprint density at radius 2 is 1.83 bits per heavy atom. The van der Waals surface area contributed by atoms with Crippen LogP contribution in [-0.4, -0.2) is 33.0 Å². The van der Waals surface area contributed by atoms with E-state index in [1.807, 2.05) is 70.1 Å². The normalized spacial score (nSPS) is 12.9. The maximum Gasteiger partial charge on any atom is 0.237 e. The van der Waals surface area contributed by atoms with Crippen LogP contribution in [0.2, 0.25) is 0 Å². The second kappa shape index (κ2) is 8.20. The largest absolute Gasteiger partial charge is 0.467 e. The molecule has 7 heteroatoms. The first-order chi connectivity index (χ1) is 14.8. The van der Waals surface area contributed by atoms with Crippen LogP contribution in [-0.2, 0) is 17.8 Å². The molecule has 0 atom stereocenters. The minimum atomic E-state index is 0.0822. The van der Waals surface area contributed by atoms with E-state index in [2.05, 4.69) is 16.3 Å². The number of anilines is 1. The summed E-state index contributed by atoms with van der Waals surface area (Å²) in [4.78, 5) is 14.8. The fourth-order valence-corrected chi connectivity index (χ4v) is 4.51. The van der Waals surface area contributed by atoms with Gasteiger partial charge in [0.25, 0.3) is 0 Å². The van der Waals surface area contributed by atoms with Gasteiger partial charge in [0.2, 0.25) is 5.91 Å². The minimum Gasteiger partial charge on any atom is -0.467 e. The Morgan fingerprint density at radius 1 is 1.00 bits per heavy atom. The Balaban J connectivity index is 1.38. The van der Waals surface area contributed by atoms with Gasteiger partial charge in [0.1, 0.15) is 5.76 Å². The molecule has 1 amide bonds. The lowest BCUT2D eigenvalue weighted by Crippen LogP contribution is -2.30. The van der Waals surface area contributed by atoms with Crippen molar-refractivity contribution < 1.29 is 9.21 Å². The van der Waals surface area contributed by atoms with Crippen LogP contribution in [0.3, 0.4) is 0 Å². The highest BCUT2D eigenvalue weighted by Gasteiger charge is 2.25. The van der Waals surface area contributed by atoms with E-state index >= 15 is 0 Å². The second-order valence-corrected chi connectivity index (χ2v) is 7.99. The number of para-hydroxylation sites is 1. The van der Waals surface area contributed by atoms with Crippen LogP contribution in [0.25, 0.3) is 11.4 Å². The lowest BCUT2D eigenvalue weighted by Gasteiger charge is -2.17. The van der Waals surface area contributed by atoms with Crippen LogP contribution in [0.15, 0.2) is 82.6 Å². The highest BCUT2D eigenvalue weighted by atomic mass is 32.2. The molecular formula is C23H20N4O2S. The van der Waals surface area contributed by atoms with Crippen molar-refractivity contribution in [1.82, 2.24) is 14.8 Å². The van der Waals surface area contributed by atoms with Gasteiger partial charge in [0.15, 0.2) is 11.0 Å². The zero-order chi connectivity index (χ0) is 20.3. The van der Waals surface area contributed by atoms with Crippen LogP contribution in [0.5, 0.6) is 0 Å². The predicted molar refractivity (Wildman–Crippen MR) is 116 cm³/mol. The number of benzene rings is 2. The van der Waals surface area contributed by atoms with Crippen molar-refractivity contribution in [2.45, 2.75) is 18.1 Å². The van der Waals surface area contributed by atoms with Gasteiger partial charge in [-0.1, -0.05) is 60.3 Å². The summed E-state index contributed by atoms with van der Waals surface area (Å²) in [6.07, 6.45) is 2.56. The molecule has 150 valence electrons. The summed E-state index contributed by atoms with van der Waals surface area (Å²) >= 11 is 1.41. The van der Waals surface area contributed by atoms with Crippen LogP contribution < -0.4 is 4.90 Å². The van der Waals surface area contributed by atoms with Crippen molar-refractivity contribution >= 4 is 23.4 Å². The summed E-state index contributed by atoms with van der Waals surface area (Å²) in [6.45, 7) is 1.24. The van der Waals surface area contributed by atoms with Gasteiger partial charge in [-0.05, 0) is 30.2 Å². The Bertz CT molecular complexity index is 1160. The number of hydrogen-bond acceptors (Lipinski definition) is 5. The minimum absolute atomic E-state index is 0.0822. The van der Waals surface area contributed by atoms with E-state index in [4.69, 9.17) is 4.42 Å². The highest BCUT2D eigenvalue weighted by Crippen LogP contribution is 2.30. The van der Waals surface area contributed by atoms with Gasteiger partial charge in [-0.25, -0.2) is 0 Å². The lowest BCUT2D eigenvalue weighted by atomic mass is 10.2. The Kier molecular flexibility index (Phi) is 5.11. The quantitative estimate of drug-likeness (QED) is 0.439. The fourth-order valence-electron chi connectivity index (χ4n) is 3.70. The fraction of sp³-hybridized carbons (Fsp3) is 0.174. The molecule has 0 radical (unpaired) electrons. The molecule has 6 nitrogen and oxygen atoms in total. The molecule has 0 aliphatic carbocycles. The molecule has 1 aliphatic rings. The number of amides is 1. The molecule has 0 saturated carbocycles. The van der Waals surface area contributed by atoms with E-state index in [0.29, 0.717) is 17.5 Å². The van der Waals surface area contributed by atoms with E-state index in [1.165, 1.54) is 17.3 Å². The maximum atomic E-state index is 12.9. The van der Waals surface area contributed by atoms with Crippen LogP contribution in [0, 0.1) is 0 Å². The van der Waals surface area contributed by atoms with Gasteiger partial charge in [-0.2, -0.15) is 0 Å². The molecule has 2 aromatic heterocycles. The number of hydrogen-bond donors (Lipinski definition) is 0. The van der Waals surface area contributed by atoms with E-state index in [9.17, 15) is 4.79 Å². The molecule has 0 fully saturated rings. The summed E-state index contributed by atoms with van der Waals surface area (Å²) in [5.41, 5.74) is 3.22. The van der Waals surface area contributed by atoms with E-state index in [-0.39, 0.29) is 5.91 Å².